The topological polar surface area (TPSA) is 51.2 Å². The Labute approximate surface area is 103 Å². The average Bonchev–Trinajstić information content (AvgIpc) is 2.39. The summed E-state index contributed by atoms with van der Waals surface area (Å²) in [7, 11) is 1.48. The molecule has 0 bridgehead atoms. The molecule has 92 valence electrons. The van der Waals surface area contributed by atoms with Gasteiger partial charge in [0.05, 0.1) is 12.7 Å². The van der Waals surface area contributed by atoms with E-state index in [2.05, 4.69) is 10.3 Å². The maximum Gasteiger partial charge on any atom is 0.258 e. The Kier molecular flexibility index (Phi) is 3.52. The fourth-order valence-electron chi connectivity index (χ4n) is 1.44. The van der Waals surface area contributed by atoms with Crippen LogP contribution in [0.5, 0.6) is 5.88 Å². The second-order valence-electron chi connectivity index (χ2n) is 3.52. The van der Waals surface area contributed by atoms with Crippen molar-refractivity contribution in [3.8, 4) is 5.88 Å². The first kappa shape index (κ1) is 12.0. The monoisotopic (exact) mass is 246 g/mol. The van der Waals surface area contributed by atoms with Gasteiger partial charge >= 0.3 is 0 Å². The van der Waals surface area contributed by atoms with E-state index in [0.717, 1.165) is 0 Å². The summed E-state index contributed by atoms with van der Waals surface area (Å²) in [5, 5.41) is 2.57. The molecule has 5 heteroatoms. The normalized spacial score (nSPS) is 9.89. The highest BCUT2D eigenvalue weighted by Gasteiger charge is 2.11. The van der Waals surface area contributed by atoms with E-state index in [1.54, 1.807) is 18.2 Å². The minimum atomic E-state index is -0.559. The first-order chi connectivity index (χ1) is 8.70. The second-order valence-corrected chi connectivity index (χ2v) is 3.52. The lowest BCUT2D eigenvalue weighted by atomic mass is 10.2. The second kappa shape index (κ2) is 5.27. The van der Waals surface area contributed by atoms with Gasteiger partial charge in [0.2, 0.25) is 5.88 Å². The lowest BCUT2D eigenvalue weighted by Crippen LogP contribution is -2.13. The molecule has 0 atom stereocenters. The number of anilines is 1. The number of hydrogen-bond donors (Lipinski definition) is 1. The minimum absolute atomic E-state index is 0.00622. The van der Waals surface area contributed by atoms with Crippen LogP contribution >= 0.6 is 0 Å². The number of nitrogens with zero attached hydrogens (tertiary/aromatic N) is 1. The number of pyridine rings is 1. The number of carbonyl (C=O) groups excluding carboxylic acids is 1. The Balaban J connectivity index is 2.19. The summed E-state index contributed by atoms with van der Waals surface area (Å²) >= 11 is 0. The van der Waals surface area contributed by atoms with Gasteiger partial charge in [0.1, 0.15) is 5.82 Å². The molecular formula is C13H11FN2O2. The fraction of sp³-hybridized carbons (Fsp3) is 0.0769. The molecule has 4 nitrogen and oxygen atoms in total. The maximum atomic E-state index is 13.4. The Morgan fingerprint density at radius 3 is 2.83 bits per heavy atom. The van der Waals surface area contributed by atoms with Crippen molar-refractivity contribution in [1.29, 1.82) is 0 Å². The molecule has 1 N–H and O–H groups in total. The Hall–Kier alpha value is -2.43. The van der Waals surface area contributed by atoms with E-state index in [1.165, 1.54) is 31.5 Å². The lowest BCUT2D eigenvalue weighted by molar-refractivity contribution is 0.102. The van der Waals surface area contributed by atoms with Crippen LogP contribution in [0.1, 0.15) is 10.4 Å². The fourth-order valence-corrected chi connectivity index (χ4v) is 1.44. The minimum Gasteiger partial charge on any atom is -0.481 e. The van der Waals surface area contributed by atoms with E-state index in [-0.39, 0.29) is 5.56 Å². The van der Waals surface area contributed by atoms with Gasteiger partial charge in [0.25, 0.3) is 5.91 Å². The molecule has 2 rings (SSSR count). The van der Waals surface area contributed by atoms with Crippen LogP contribution in [0.2, 0.25) is 0 Å². The predicted octanol–water partition coefficient (Wildman–Crippen LogP) is 2.48. The SMILES string of the molecule is COc1cc(NC(=O)c2ccccc2F)ccn1. The van der Waals surface area contributed by atoms with Gasteiger partial charge in [-0.25, -0.2) is 9.37 Å². The van der Waals surface area contributed by atoms with Crippen molar-refractivity contribution >= 4 is 11.6 Å². The number of benzene rings is 1. The van der Waals surface area contributed by atoms with E-state index in [1.807, 2.05) is 0 Å². The van der Waals surface area contributed by atoms with Crippen LogP contribution in [0.25, 0.3) is 0 Å². The first-order valence-electron chi connectivity index (χ1n) is 5.26. The Bertz CT molecular complexity index is 572. The highest BCUT2D eigenvalue weighted by molar-refractivity contribution is 6.04. The van der Waals surface area contributed by atoms with Crippen molar-refractivity contribution in [3.63, 3.8) is 0 Å². The van der Waals surface area contributed by atoms with Crippen molar-refractivity contribution in [3.05, 3.63) is 54.0 Å². The van der Waals surface area contributed by atoms with Crippen molar-refractivity contribution < 1.29 is 13.9 Å². The van der Waals surface area contributed by atoms with Crippen LogP contribution in [-0.2, 0) is 0 Å². The summed E-state index contributed by atoms with van der Waals surface area (Å²) in [6, 6.07) is 8.94. The molecule has 0 unspecified atom stereocenters. The molecule has 0 fully saturated rings. The average molecular weight is 246 g/mol. The van der Waals surface area contributed by atoms with Crippen LogP contribution in [0.3, 0.4) is 0 Å². The summed E-state index contributed by atoms with van der Waals surface area (Å²) in [6.07, 6.45) is 1.50. The summed E-state index contributed by atoms with van der Waals surface area (Å²) in [5.74, 6) is -0.696. The third kappa shape index (κ3) is 2.63. The van der Waals surface area contributed by atoms with Gasteiger partial charge < -0.3 is 10.1 Å². The van der Waals surface area contributed by atoms with Crippen molar-refractivity contribution in [2.45, 2.75) is 0 Å². The maximum absolute atomic E-state index is 13.4. The van der Waals surface area contributed by atoms with Crippen LogP contribution in [0, 0.1) is 5.82 Å². The zero-order valence-corrected chi connectivity index (χ0v) is 9.68. The lowest BCUT2D eigenvalue weighted by Gasteiger charge is -2.06. The van der Waals surface area contributed by atoms with Crippen LogP contribution < -0.4 is 10.1 Å². The molecule has 0 radical (unpaired) electrons. The van der Waals surface area contributed by atoms with Gasteiger partial charge in [0.15, 0.2) is 0 Å². The number of halogens is 1. The third-order valence-electron chi connectivity index (χ3n) is 2.32. The molecule has 18 heavy (non-hydrogen) atoms. The first-order valence-corrected chi connectivity index (χ1v) is 5.26. The molecule has 1 amide bonds. The van der Waals surface area contributed by atoms with Crippen LogP contribution in [-0.4, -0.2) is 18.0 Å². The molecule has 0 aliphatic rings. The highest BCUT2D eigenvalue weighted by atomic mass is 19.1. The Morgan fingerprint density at radius 2 is 2.11 bits per heavy atom. The molecule has 2 aromatic rings. The van der Waals surface area contributed by atoms with Gasteiger partial charge in [0, 0.05) is 18.0 Å². The van der Waals surface area contributed by atoms with E-state index in [0.29, 0.717) is 11.6 Å². The number of aromatic nitrogens is 1. The molecular weight excluding hydrogens is 235 g/mol. The number of ether oxygens (including phenoxy) is 1. The van der Waals surface area contributed by atoms with E-state index < -0.39 is 11.7 Å². The number of methoxy groups -OCH3 is 1. The predicted molar refractivity (Wildman–Crippen MR) is 65.1 cm³/mol. The molecule has 0 aliphatic heterocycles. The molecule has 0 saturated carbocycles. The molecule has 1 heterocycles. The number of nitrogens with one attached hydrogen (secondary N) is 1. The molecule has 0 aliphatic carbocycles. The zero-order chi connectivity index (χ0) is 13.0. The van der Waals surface area contributed by atoms with E-state index in [9.17, 15) is 9.18 Å². The third-order valence-corrected chi connectivity index (χ3v) is 2.32. The van der Waals surface area contributed by atoms with Gasteiger partial charge in [-0.3, -0.25) is 4.79 Å². The van der Waals surface area contributed by atoms with Gasteiger partial charge in [-0.1, -0.05) is 12.1 Å². The van der Waals surface area contributed by atoms with E-state index >= 15 is 0 Å². The number of hydrogen-bond acceptors (Lipinski definition) is 3. The largest absolute Gasteiger partial charge is 0.481 e. The van der Waals surface area contributed by atoms with Gasteiger partial charge in [-0.15, -0.1) is 0 Å². The van der Waals surface area contributed by atoms with Crippen molar-refractivity contribution in [2.75, 3.05) is 12.4 Å². The molecule has 0 saturated heterocycles. The zero-order valence-electron chi connectivity index (χ0n) is 9.68. The summed E-state index contributed by atoms with van der Waals surface area (Å²) in [4.78, 5) is 15.7. The number of amides is 1. The standard InChI is InChI=1S/C13H11FN2O2/c1-18-12-8-9(6-7-15-12)16-13(17)10-4-2-3-5-11(10)14/h2-8H,1H3,(H,15,16,17). The summed E-state index contributed by atoms with van der Waals surface area (Å²) < 4.78 is 18.3. The van der Waals surface area contributed by atoms with E-state index in [4.69, 9.17) is 4.74 Å². The Morgan fingerprint density at radius 1 is 1.33 bits per heavy atom. The van der Waals surface area contributed by atoms with Crippen molar-refractivity contribution in [2.24, 2.45) is 0 Å². The number of carbonyl (C=O) groups is 1. The molecule has 1 aromatic heterocycles. The highest BCUT2D eigenvalue weighted by Crippen LogP contribution is 2.15. The molecule has 0 spiro atoms. The van der Waals surface area contributed by atoms with Crippen LogP contribution in [0.15, 0.2) is 42.6 Å². The van der Waals surface area contributed by atoms with Gasteiger partial charge in [-0.05, 0) is 18.2 Å². The summed E-state index contributed by atoms with van der Waals surface area (Å²) in [6.45, 7) is 0. The molecule has 1 aromatic carbocycles. The van der Waals surface area contributed by atoms with Gasteiger partial charge in [-0.2, -0.15) is 0 Å². The number of rotatable bonds is 3. The van der Waals surface area contributed by atoms with Crippen LogP contribution in [0.4, 0.5) is 10.1 Å². The smallest absolute Gasteiger partial charge is 0.258 e. The summed E-state index contributed by atoms with van der Waals surface area (Å²) in [5.41, 5.74) is 0.489. The quantitative estimate of drug-likeness (QED) is 0.905. The van der Waals surface area contributed by atoms with Crippen molar-refractivity contribution in [1.82, 2.24) is 4.98 Å².